The lowest BCUT2D eigenvalue weighted by atomic mass is 10.1. The van der Waals surface area contributed by atoms with Crippen molar-refractivity contribution in [3.8, 4) is 11.3 Å². The van der Waals surface area contributed by atoms with Gasteiger partial charge in [-0.05, 0) is 24.3 Å². The lowest BCUT2D eigenvalue weighted by Gasteiger charge is -2.27. The van der Waals surface area contributed by atoms with Crippen molar-refractivity contribution in [2.75, 3.05) is 36.5 Å². The molecule has 0 bridgehead atoms. The Kier molecular flexibility index (Phi) is 5.53. The fourth-order valence-corrected chi connectivity index (χ4v) is 3.83. The van der Waals surface area contributed by atoms with Crippen LogP contribution < -0.4 is 10.2 Å². The van der Waals surface area contributed by atoms with E-state index in [0.717, 1.165) is 5.39 Å². The van der Waals surface area contributed by atoms with Crippen molar-refractivity contribution < 1.29 is 13.5 Å². The molecule has 1 aliphatic heterocycles. The standard InChI is InChI=1S/C22H18FN7O2.ClH/c23-15-6-2-1-4-13(15)16-12-17(29-28-16)25-22-26-18-14-5-3-7-24-21(14)32-19(18)20(27-22)30-8-10-31-11-9-30;/h1-7,12H,8-11H2,(H2,25,26,27,28,29);1H. The van der Waals surface area contributed by atoms with Crippen molar-refractivity contribution in [2.45, 2.75) is 0 Å². The first-order valence-corrected chi connectivity index (χ1v) is 10.2. The van der Waals surface area contributed by atoms with Crippen LogP contribution in [0.1, 0.15) is 0 Å². The van der Waals surface area contributed by atoms with Gasteiger partial charge in [0.25, 0.3) is 0 Å². The van der Waals surface area contributed by atoms with Gasteiger partial charge in [0.2, 0.25) is 11.7 Å². The van der Waals surface area contributed by atoms with Gasteiger partial charge in [0, 0.05) is 30.9 Å². The van der Waals surface area contributed by atoms with Gasteiger partial charge in [-0.2, -0.15) is 10.1 Å². The Labute approximate surface area is 193 Å². The number of nitrogens with zero attached hydrogens (tertiary/aromatic N) is 5. The van der Waals surface area contributed by atoms with Gasteiger partial charge in [0.05, 0.1) is 24.3 Å². The second-order valence-electron chi connectivity index (χ2n) is 7.38. The molecule has 1 saturated heterocycles. The van der Waals surface area contributed by atoms with Gasteiger partial charge in [0.15, 0.2) is 17.2 Å². The number of aromatic nitrogens is 5. The molecule has 4 aromatic heterocycles. The van der Waals surface area contributed by atoms with Crippen molar-refractivity contribution in [1.82, 2.24) is 25.1 Å². The molecule has 0 atom stereocenters. The van der Waals surface area contributed by atoms with E-state index in [1.807, 2.05) is 12.1 Å². The molecular formula is C22H19ClFN7O2. The lowest BCUT2D eigenvalue weighted by Crippen LogP contribution is -2.37. The lowest BCUT2D eigenvalue weighted by molar-refractivity contribution is 0.122. The molecule has 0 spiro atoms. The molecule has 11 heteroatoms. The molecule has 0 aliphatic carbocycles. The minimum atomic E-state index is -0.327. The number of halogens is 2. The SMILES string of the molecule is Cl.Fc1ccccc1-c1cc(Nc2nc(N3CCOCC3)c3oc4ncccc4c3n2)n[nH]1. The molecule has 2 N–H and O–H groups in total. The molecule has 0 saturated carbocycles. The van der Waals surface area contributed by atoms with E-state index in [2.05, 4.69) is 30.4 Å². The van der Waals surface area contributed by atoms with Crippen LogP contribution in [-0.2, 0) is 4.74 Å². The highest BCUT2D eigenvalue weighted by molar-refractivity contribution is 6.05. The highest BCUT2D eigenvalue weighted by Gasteiger charge is 2.22. The summed E-state index contributed by atoms with van der Waals surface area (Å²) in [4.78, 5) is 15.8. The summed E-state index contributed by atoms with van der Waals surface area (Å²) in [5, 5.41) is 11.0. The van der Waals surface area contributed by atoms with Crippen molar-refractivity contribution in [3.05, 3.63) is 54.5 Å². The number of nitrogens with one attached hydrogen (secondary N) is 2. The molecule has 0 radical (unpaired) electrons. The first kappa shape index (κ1) is 21.1. The van der Waals surface area contributed by atoms with Crippen LogP contribution in [0.3, 0.4) is 0 Å². The summed E-state index contributed by atoms with van der Waals surface area (Å²) in [7, 11) is 0. The fourth-order valence-electron chi connectivity index (χ4n) is 3.83. The fraction of sp³-hybridized carbons (Fsp3) is 0.182. The van der Waals surface area contributed by atoms with Crippen LogP contribution >= 0.6 is 12.4 Å². The van der Waals surface area contributed by atoms with Gasteiger partial charge in [-0.25, -0.2) is 14.4 Å². The molecule has 5 heterocycles. The highest BCUT2D eigenvalue weighted by atomic mass is 35.5. The maximum absolute atomic E-state index is 14.1. The molecule has 33 heavy (non-hydrogen) atoms. The third-order valence-electron chi connectivity index (χ3n) is 5.37. The predicted octanol–water partition coefficient (Wildman–Crippen LogP) is 4.30. The predicted molar refractivity (Wildman–Crippen MR) is 125 cm³/mol. The first-order chi connectivity index (χ1) is 15.8. The van der Waals surface area contributed by atoms with Crippen LogP contribution in [0, 0.1) is 5.82 Å². The summed E-state index contributed by atoms with van der Waals surface area (Å²) in [6, 6.07) is 12.0. The minimum Gasteiger partial charge on any atom is -0.432 e. The van der Waals surface area contributed by atoms with Gasteiger partial charge in [0.1, 0.15) is 11.3 Å². The zero-order valence-corrected chi connectivity index (χ0v) is 18.1. The smallest absolute Gasteiger partial charge is 0.231 e. The van der Waals surface area contributed by atoms with Crippen LogP contribution in [0.5, 0.6) is 0 Å². The number of benzene rings is 1. The second kappa shape index (κ2) is 8.64. The second-order valence-corrected chi connectivity index (χ2v) is 7.38. The number of rotatable bonds is 4. The van der Waals surface area contributed by atoms with E-state index in [9.17, 15) is 4.39 Å². The number of morpholine rings is 1. The Morgan fingerprint density at radius 2 is 1.91 bits per heavy atom. The number of pyridine rings is 1. The van der Waals surface area contributed by atoms with Crippen molar-refractivity contribution in [2.24, 2.45) is 0 Å². The molecule has 1 aromatic carbocycles. The number of hydrogen-bond donors (Lipinski definition) is 2. The number of ether oxygens (including phenoxy) is 1. The van der Waals surface area contributed by atoms with Gasteiger partial charge < -0.3 is 19.4 Å². The normalized spacial score (nSPS) is 13.9. The third-order valence-corrected chi connectivity index (χ3v) is 5.37. The Bertz CT molecular complexity index is 1430. The summed E-state index contributed by atoms with van der Waals surface area (Å²) in [6.45, 7) is 2.60. The summed E-state index contributed by atoms with van der Waals surface area (Å²) in [6.07, 6.45) is 1.68. The van der Waals surface area contributed by atoms with E-state index in [-0.39, 0.29) is 18.2 Å². The molecule has 6 rings (SSSR count). The molecule has 9 nitrogen and oxygen atoms in total. The van der Waals surface area contributed by atoms with Crippen molar-refractivity contribution >= 4 is 52.2 Å². The Morgan fingerprint density at radius 1 is 1.06 bits per heavy atom. The van der Waals surface area contributed by atoms with E-state index in [1.54, 1.807) is 30.5 Å². The van der Waals surface area contributed by atoms with Crippen LogP contribution in [-0.4, -0.2) is 51.5 Å². The molecule has 0 unspecified atom stereocenters. The van der Waals surface area contributed by atoms with Gasteiger partial charge in [-0.1, -0.05) is 12.1 Å². The number of fused-ring (bicyclic) bond motifs is 3. The van der Waals surface area contributed by atoms with Gasteiger partial charge >= 0.3 is 0 Å². The minimum absolute atomic E-state index is 0. The summed E-state index contributed by atoms with van der Waals surface area (Å²) in [5.41, 5.74) is 2.74. The van der Waals surface area contributed by atoms with Crippen LogP contribution in [0.15, 0.2) is 53.1 Å². The summed E-state index contributed by atoms with van der Waals surface area (Å²) >= 11 is 0. The highest BCUT2D eigenvalue weighted by Crippen LogP contribution is 2.34. The largest absolute Gasteiger partial charge is 0.432 e. The monoisotopic (exact) mass is 467 g/mol. The molecule has 1 aliphatic rings. The van der Waals surface area contributed by atoms with Crippen molar-refractivity contribution in [3.63, 3.8) is 0 Å². The molecule has 168 valence electrons. The first-order valence-electron chi connectivity index (χ1n) is 10.2. The molecule has 5 aromatic rings. The van der Waals surface area contributed by atoms with Gasteiger partial charge in [-0.3, -0.25) is 5.10 Å². The van der Waals surface area contributed by atoms with E-state index in [4.69, 9.17) is 14.1 Å². The number of H-pyrrole nitrogens is 1. The van der Waals surface area contributed by atoms with Crippen LogP contribution in [0.2, 0.25) is 0 Å². The maximum Gasteiger partial charge on any atom is 0.231 e. The van der Waals surface area contributed by atoms with E-state index >= 15 is 0 Å². The Hall–Kier alpha value is -3.76. The number of aromatic amines is 1. The Morgan fingerprint density at radius 3 is 2.76 bits per heavy atom. The maximum atomic E-state index is 14.1. The van der Waals surface area contributed by atoms with Crippen LogP contribution in [0.25, 0.3) is 33.5 Å². The topological polar surface area (TPSA) is 105 Å². The zero-order valence-electron chi connectivity index (χ0n) is 17.3. The van der Waals surface area contributed by atoms with Crippen molar-refractivity contribution in [1.29, 1.82) is 0 Å². The number of anilines is 3. The average Bonchev–Trinajstić information content (AvgIpc) is 3.44. The number of furan rings is 1. The van der Waals surface area contributed by atoms with E-state index in [1.165, 1.54) is 6.07 Å². The van der Waals surface area contributed by atoms with Crippen LogP contribution in [0.4, 0.5) is 22.0 Å². The Balaban J connectivity index is 0.00000228. The van der Waals surface area contributed by atoms with E-state index < -0.39 is 0 Å². The quantitative estimate of drug-likeness (QED) is 0.403. The molecule has 1 fully saturated rings. The summed E-state index contributed by atoms with van der Waals surface area (Å²) in [5.74, 6) is 1.18. The van der Waals surface area contributed by atoms with Gasteiger partial charge in [-0.15, -0.1) is 12.4 Å². The molecular weight excluding hydrogens is 449 g/mol. The van der Waals surface area contributed by atoms with E-state index in [0.29, 0.717) is 72.0 Å². The number of hydrogen-bond acceptors (Lipinski definition) is 8. The zero-order chi connectivity index (χ0) is 21.5. The third kappa shape index (κ3) is 3.83. The average molecular weight is 468 g/mol. The molecule has 0 amide bonds. The summed E-state index contributed by atoms with van der Waals surface area (Å²) < 4.78 is 25.6.